The predicted octanol–water partition coefficient (Wildman–Crippen LogP) is 2.89. The molecule has 1 saturated heterocycles. The van der Waals surface area contributed by atoms with Crippen LogP contribution < -0.4 is 10.6 Å². The Morgan fingerprint density at radius 2 is 2.06 bits per heavy atom. The second-order valence-corrected chi connectivity index (χ2v) is 8.69. The van der Waals surface area contributed by atoms with Gasteiger partial charge in [0, 0.05) is 25.1 Å². The van der Waals surface area contributed by atoms with Crippen LogP contribution in [0.4, 0.5) is 4.79 Å². The summed E-state index contributed by atoms with van der Waals surface area (Å²) in [6.45, 7) is 6.85. The molecule has 168 valence electrons. The van der Waals surface area contributed by atoms with Crippen molar-refractivity contribution < 1.29 is 23.9 Å². The zero-order valence-electron chi connectivity index (χ0n) is 18.4. The number of ether oxygens (including phenoxy) is 1. The summed E-state index contributed by atoms with van der Waals surface area (Å²) < 4.78 is 5.56. The number of alkyl carbamates (subject to hydrolysis) is 1. The number of amides is 4. The topological polar surface area (TPSA) is 105 Å². The molecule has 0 radical (unpaired) electrons. The second kappa shape index (κ2) is 9.94. The lowest BCUT2D eigenvalue weighted by Gasteiger charge is -2.29. The fourth-order valence-corrected chi connectivity index (χ4v) is 4.15. The van der Waals surface area contributed by atoms with E-state index in [2.05, 4.69) is 31.4 Å². The molecule has 0 aromatic heterocycles. The minimum Gasteiger partial charge on any atom is -0.446 e. The zero-order valence-corrected chi connectivity index (χ0v) is 18.4. The molecule has 2 heterocycles. The van der Waals surface area contributed by atoms with E-state index in [1.807, 2.05) is 12.1 Å². The third kappa shape index (κ3) is 5.62. The molecular weight excluding hydrogens is 398 g/mol. The molecule has 0 saturated carbocycles. The van der Waals surface area contributed by atoms with Crippen LogP contribution >= 0.6 is 0 Å². The van der Waals surface area contributed by atoms with Crippen LogP contribution in [0.25, 0.3) is 0 Å². The van der Waals surface area contributed by atoms with Gasteiger partial charge in [-0.1, -0.05) is 39.3 Å². The number of carbonyl (C=O) groups excluding carboxylic acids is 4. The highest BCUT2D eigenvalue weighted by atomic mass is 16.6. The van der Waals surface area contributed by atoms with E-state index in [1.165, 1.54) is 4.90 Å². The van der Waals surface area contributed by atoms with Gasteiger partial charge in [-0.2, -0.15) is 0 Å². The fraction of sp³-hybridized carbons (Fsp3) is 0.565. The lowest BCUT2D eigenvalue weighted by atomic mass is 10.0. The van der Waals surface area contributed by atoms with E-state index in [9.17, 15) is 19.2 Å². The van der Waals surface area contributed by atoms with Crippen LogP contribution in [0.5, 0.6) is 0 Å². The van der Waals surface area contributed by atoms with Gasteiger partial charge in [0.25, 0.3) is 5.91 Å². The lowest BCUT2D eigenvalue weighted by Crippen LogP contribution is -2.52. The smallest absolute Gasteiger partial charge is 0.407 e. The molecule has 4 amide bonds. The fourth-order valence-electron chi connectivity index (χ4n) is 4.15. The number of fused-ring (bicyclic) bond motifs is 1. The van der Waals surface area contributed by atoms with Gasteiger partial charge < -0.3 is 15.0 Å². The first-order chi connectivity index (χ1) is 14.8. The summed E-state index contributed by atoms with van der Waals surface area (Å²) in [5.74, 6) is -0.515. The highest BCUT2D eigenvalue weighted by Crippen LogP contribution is 2.28. The van der Waals surface area contributed by atoms with Gasteiger partial charge in [0.2, 0.25) is 11.8 Å². The van der Waals surface area contributed by atoms with E-state index >= 15 is 0 Å². The third-order valence-corrected chi connectivity index (χ3v) is 5.65. The average molecular weight is 430 g/mol. The highest BCUT2D eigenvalue weighted by Gasteiger charge is 2.39. The summed E-state index contributed by atoms with van der Waals surface area (Å²) in [5.41, 5.74) is 2.15. The molecule has 2 unspecified atom stereocenters. The maximum absolute atomic E-state index is 12.9. The molecular formula is C23H31N3O5. The first-order valence-electron chi connectivity index (χ1n) is 11.0. The summed E-state index contributed by atoms with van der Waals surface area (Å²) >= 11 is 0. The van der Waals surface area contributed by atoms with E-state index in [1.54, 1.807) is 6.07 Å². The molecule has 2 aliphatic rings. The van der Waals surface area contributed by atoms with Crippen LogP contribution in [0.3, 0.4) is 0 Å². The summed E-state index contributed by atoms with van der Waals surface area (Å²) in [5, 5.41) is 5.07. The van der Waals surface area contributed by atoms with Gasteiger partial charge in [-0.15, -0.1) is 0 Å². The van der Waals surface area contributed by atoms with Crippen LogP contribution in [-0.4, -0.2) is 40.9 Å². The van der Waals surface area contributed by atoms with Crippen molar-refractivity contribution in [3.05, 3.63) is 34.9 Å². The largest absolute Gasteiger partial charge is 0.446 e. The summed E-state index contributed by atoms with van der Waals surface area (Å²) in [7, 11) is 0. The molecule has 1 fully saturated rings. The van der Waals surface area contributed by atoms with E-state index in [4.69, 9.17) is 4.74 Å². The Kier molecular flexibility index (Phi) is 7.30. The molecule has 1 aromatic carbocycles. The number of piperidine rings is 1. The van der Waals surface area contributed by atoms with Crippen molar-refractivity contribution >= 4 is 23.8 Å². The Morgan fingerprint density at radius 3 is 2.74 bits per heavy atom. The number of carbonyl (C=O) groups is 4. The van der Waals surface area contributed by atoms with Crippen molar-refractivity contribution in [2.24, 2.45) is 5.92 Å². The first-order valence-corrected chi connectivity index (χ1v) is 11.0. The van der Waals surface area contributed by atoms with Gasteiger partial charge in [0.05, 0.1) is 0 Å². The van der Waals surface area contributed by atoms with Gasteiger partial charge in [-0.05, 0) is 42.4 Å². The Hall–Kier alpha value is -2.90. The Balaban J connectivity index is 1.59. The Labute approximate surface area is 182 Å². The molecule has 8 heteroatoms. The maximum Gasteiger partial charge on any atom is 0.407 e. The van der Waals surface area contributed by atoms with Gasteiger partial charge in [0.1, 0.15) is 12.1 Å². The van der Waals surface area contributed by atoms with Crippen LogP contribution in [0.1, 0.15) is 74.4 Å². The Morgan fingerprint density at radius 1 is 1.29 bits per heavy atom. The molecule has 1 aromatic rings. The highest BCUT2D eigenvalue weighted by molar-refractivity contribution is 6.05. The monoisotopic (exact) mass is 429 g/mol. The molecule has 0 aliphatic carbocycles. The maximum atomic E-state index is 12.9. The molecule has 2 atom stereocenters. The molecule has 31 heavy (non-hydrogen) atoms. The van der Waals surface area contributed by atoms with Gasteiger partial charge in [0.15, 0.2) is 0 Å². The van der Waals surface area contributed by atoms with E-state index < -0.39 is 18.0 Å². The molecule has 2 aliphatic heterocycles. The van der Waals surface area contributed by atoms with Crippen LogP contribution in [0, 0.1) is 5.92 Å². The number of hydrogen-bond donors (Lipinski definition) is 2. The van der Waals surface area contributed by atoms with E-state index in [-0.39, 0.29) is 30.9 Å². The SMILES string of the molecule is CCCC(CC(C)C)OC(=O)NCc1ccc2c(c1)C(=O)N(C1CCC(=O)NC1=O)C2. The molecule has 3 rings (SSSR count). The normalized spacial score (nSPS) is 19.3. The summed E-state index contributed by atoms with van der Waals surface area (Å²) in [6.07, 6.45) is 2.59. The lowest BCUT2D eigenvalue weighted by molar-refractivity contribution is -0.136. The standard InChI is InChI=1S/C23H31N3O5/c1-4-5-17(10-14(2)3)31-23(30)24-12-15-6-7-16-13-26(22(29)18(16)11-15)19-8-9-20(27)25-21(19)28/h6-7,11,14,17,19H,4-5,8-10,12-13H2,1-3H3,(H,24,30)(H,25,27,28). The number of nitrogens with one attached hydrogen (secondary N) is 2. The molecule has 2 N–H and O–H groups in total. The van der Waals surface area contributed by atoms with Gasteiger partial charge in [-0.25, -0.2) is 4.79 Å². The predicted molar refractivity (Wildman–Crippen MR) is 114 cm³/mol. The Bertz CT molecular complexity index is 867. The first kappa shape index (κ1) is 22.8. The van der Waals surface area contributed by atoms with Crippen LogP contribution in [0.15, 0.2) is 18.2 Å². The van der Waals surface area contributed by atoms with Crippen molar-refractivity contribution in [3.63, 3.8) is 0 Å². The number of rotatable bonds is 8. The molecule has 0 bridgehead atoms. The van der Waals surface area contributed by atoms with Gasteiger partial charge >= 0.3 is 6.09 Å². The second-order valence-electron chi connectivity index (χ2n) is 8.69. The number of benzene rings is 1. The van der Waals surface area contributed by atoms with Crippen LogP contribution in [-0.2, 0) is 27.4 Å². The zero-order chi connectivity index (χ0) is 22.5. The summed E-state index contributed by atoms with van der Waals surface area (Å²) in [4.78, 5) is 50.1. The van der Waals surface area contributed by atoms with Crippen molar-refractivity contribution in [1.29, 1.82) is 0 Å². The number of nitrogens with zero attached hydrogens (tertiary/aromatic N) is 1. The van der Waals surface area contributed by atoms with Crippen molar-refractivity contribution in [2.45, 2.75) is 78.1 Å². The van der Waals surface area contributed by atoms with Crippen molar-refractivity contribution in [1.82, 2.24) is 15.5 Å². The minimum atomic E-state index is -0.634. The van der Waals surface area contributed by atoms with E-state index in [0.717, 1.165) is 30.4 Å². The van der Waals surface area contributed by atoms with Gasteiger partial charge in [-0.3, -0.25) is 19.7 Å². The minimum absolute atomic E-state index is 0.103. The van der Waals surface area contributed by atoms with Crippen LogP contribution in [0.2, 0.25) is 0 Å². The number of hydrogen-bond acceptors (Lipinski definition) is 5. The molecule has 8 nitrogen and oxygen atoms in total. The van der Waals surface area contributed by atoms with E-state index in [0.29, 0.717) is 24.4 Å². The summed E-state index contributed by atoms with van der Waals surface area (Å²) in [6, 6.07) is 4.82. The molecule has 0 spiro atoms. The van der Waals surface area contributed by atoms with Crippen molar-refractivity contribution in [2.75, 3.05) is 0 Å². The third-order valence-electron chi connectivity index (χ3n) is 5.65. The average Bonchev–Trinajstić information content (AvgIpc) is 3.02. The van der Waals surface area contributed by atoms with Crippen molar-refractivity contribution in [3.8, 4) is 0 Å². The number of imide groups is 1. The quantitative estimate of drug-likeness (QED) is 0.618.